The lowest BCUT2D eigenvalue weighted by Crippen LogP contribution is -2.33. The van der Waals surface area contributed by atoms with Gasteiger partial charge in [-0.15, -0.1) is 0 Å². The molecule has 1 aromatic carbocycles. The summed E-state index contributed by atoms with van der Waals surface area (Å²) in [7, 11) is -3.48. The van der Waals surface area contributed by atoms with E-state index in [1.54, 1.807) is 33.5 Å². The highest BCUT2D eigenvalue weighted by Crippen LogP contribution is 2.21. The van der Waals surface area contributed by atoms with E-state index >= 15 is 0 Å². The van der Waals surface area contributed by atoms with Crippen LogP contribution in [-0.2, 0) is 10.0 Å². The van der Waals surface area contributed by atoms with Crippen molar-refractivity contribution in [1.82, 2.24) is 9.21 Å². The van der Waals surface area contributed by atoms with Gasteiger partial charge >= 0.3 is 0 Å². The van der Waals surface area contributed by atoms with Gasteiger partial charge in [0.15, 0.2) is 0 Å². The van der Waals surface area contributed by atoms with E-state index in [-0.39, 0.29) is 10.8 Å². The van der Waals surface area contributed by atoms with Crippen LogP contribution in [0.25, 0.3) is 0 Å². The number of carbonyl (C=O) groups excluding carboxylic acids is 1. The third kappa shape index (κ3) is 4.92. The maximum absolute atomic E-state index is 12.8. The Labute approximate surface area is 151 Å². The van der Waals surface area contributed by atoms with Crippen molar-refractivity contribution in [3.05, 3.63) is 42.0 Å². The van der Waals surface area contributed by atoms with Gasteiger partial charge in [-0.25, -0.2) is 8.42 Å². The van der Waals surface area contributed by atoms with E-state index in [4.69, 9.17) is 0 Å². The summed E-state index contributed by atoms with van der Waals surface area (Å²) in [5.41, 5.74) is 1.41. The zero-order chi connectivity index (χ0) is 18.4. The summed E-state index contributed by atoms with van der Waals surface area (Å²) in [5.74, 6) is -0.107. The first-order valence-corrected chi connectivity index (χ1v) is 10.3. The summed E-state index contributed by atoms with van der Waals surface area (Å²) >= 11 is 0. The number of likely N-dealkylation sites (N-methyl/N-ethyl adjacent to an activating group) is 1. The van der Waals surface area contributed by atoms with Crippen LogP contribution in [0.4, 0.5) is 0 Å². The number of hydrogen-bond donors (Lipinski definition) is 0. The largest absolute Gasteiger partial charge is 0.335 e. The monoisotopic (exact) mass is 364 g/mol. The van der Waals surface area contributed by atoms with Gasteiger partial charge in [-0.05, 0) is 51.0 Å². The van der Waals surface area contributed by atoms with Crippen molar-refractivity contribution in [2.24, 2.45) is 0 Å². The summed E-state index contributed by atoms with van der Waals surface area (Å²) in [6.45, 7) is 9.88. The number of nitrogens with zero attached hydrogens (tertiary/aromatic N) is 2. The van der Waals surface area contributed by atoms with Crippen LogP contribution in [0.5, 0.6) is 0 Å². The number of benzene rings is 1. The molecule has 0 saturated carbocycles. The maximum Gasteiger partial charge on any atom is 0.254 e. The molecule has 1 aromatic rings. The first-order chi connectivity index (χ1) is 11.9. The number of rotatable bonds is 6. The molecule has 0 spiro atoms. The highest BCUT2D eigenvalue weighted by atomic mass is 32.2. The molecule has 0 aromatic heterocycles. The lowest BCUT2D eigenvalue weighted by Gasteiger charge is -2.22. The minimum absolute atomic E-state index is 0.107. The second-order valence-electron chi connectivity index (χ2n) is 6.62. The highest BCUT2D eigenvalue weighted by Gasteiger charge is 2.25. The molecule has 2 rings (SSSR count). The average molecular weight is 365 g/mol. The van der Waals surface area contributed by atoms with E-state index in [1.807, 2.05) is 13.8 Å². The van der Waals surface area contributed by atoms with Gasteiger partial charge < -0.3 is 4.90 Å². The van der Waals surface area contributed by atoms with Crippen molar-refractivity contribution < 1.29 is 13.2 Å². The van der Waals surface area contributed by atoms with Crippen LogP contribution < -0.4 is 0 Å². The van der Waals surface area contributed by atoms with Gasteiger partial charge in [0.25, 0.3) is 5.91 Å². The predicted octanol–water partition coefficient (Wildman–Crippen LogP) is 3.29. The van der Waals surface area contributed by atoms with Crippen molar-refractivity contribution in [1.29, 1.82) is 0 Å². The van der Waals surface area contributed by atoms with Gasteiger partial charge in [0.1, 0.15) is 0 Å². The molecule has 1 fully saturated rings. The van der Waals surface area contributed by atoms with Gasteiger partial charge in [0, 0.05) is 31.7 Å². The van der Waals surface area contributed by atoms with Crippen LogP contribution in [0.15, 0.2) is 41.3 Å². The molecule has 1 aliphatic heterocycles. The number of sulfonamides is 1. The Morgan fingerprint density at radius 3 is 2.16 bits per heavy atom. The molecule has 6 heteroatoms. The lowest BCUT2D eigenvalue weighted by molar-refractivity contribution is 0.0778. The average Bonchev–Trinajstić information content (AvgIpc) is 2.89. The second kappa shape index (κ2) is 8.63. The summed E-state index contributed by atoms with van der Waals surface area (Å²) < 4.78 is 27.1. The molecule has 0 bridgehead atoms. The Balaban J connectivity index is 2.18. The predicted molar refractivity (Wildman–Crippen MR) is 100 cm³/mol. The zero-order valence-corrected chi connectivity index (χ0v) is 16.0. The molecule has 0 aliphatic carbocycles. The van der Waals surface area contributed by atoms with E-state index in [0.717, 1.165) is 31.3 Å². The van der Waals surface area contributed by atoms with Gasteiger partial charge in [0.2, 0.25) is 10.0 Å². The zero-order valence-electron chi connectivity index (χ0n) is 15.2. The Hall–Kier alpha value is -1.66. The van der Waals surface area contributed by atoms with Crippen LogP contribution in [-0.4, -0.2) is 49.7 Å². The Kier molecular flexibility index (Phi) is 6.79. The Morgan fingerprint density at radius 2 is 1.68 bits per heavy atom. The summed E-state index contributed by atoms with van der Waals surface area (Å²) in [6.07, 6.45) is 3.97. The van der Waals surface area contributed by atoms with E-state index in [0.29, 0.717) is 31.7 Å². The molecule has 0 radical (unpaired) electrons. The van der Waals surface area contributed by atoms with Crippen LogP contribution in [0, 0.1) is 0 Å². The molecule has 1 amide bonds. The minimum atomic E-state index is -3.48. The first kappa shape index (κ1) is 19.7. The van der Waals surface area contributed by atoms with Crippen molar-refractivity contribution in [3.63, 3.8) is 0 Å². The van der Waals surface area contributed by atoms with Crippen LogP contribution >= 0.6 is 0 Å². The SMILES string of the molecule is C=C(C)CN(CC)C(=O)c1ccc(S(=O)(=O)N2CCCCCC2)cc1. The topological polar surface area (TPSA) is 57.7 Å². The van der Waals surface area contributed by atoms with Gasteiger partial charge in [-0.1, -0.05) is 25.0 Å². The minimum Gasteiger partial charge on any atom is -0.335 e. The standard InChI is InChI=1S/C19H28N2O3S/c1-4-20(15-16(2)3)19(22)17-9-11-18(12-10-17)25(23,24)21-13-7-5-6-8-14-21/h9-12H,2,4-8,13-15H2,1,3H3. The molecule has 1 saturated heterocycles. The maximum atomic E-state index is 12.8. The molecule has 5 nitrogen and oxygen atoms in total. The van der Waals surface area contributed by atoms with Crippen molar-refractivity contribution in [2.75, 3.05) is 26.2 Å². The molecular formula is C19H28N2O3S. The summed E-state index contributed by atoms with van der Waals surface area (Å²) in [6, 6.07) is 6.30. The van der Waals surface area contributed by atoms with Crippen LogP contribution in [0.1, 0.15) is 49.9 Å². The van der Waals surface area contributed by atoms with Crippen molar-refractivity contribution in [2.45, 2.75) is 44.4 Å². The number of amides is 1. The van der Waals surface area contributed by atoms with E-state index < -0.39 is 10.0 Å². The molecule has 1 aliphatic rings. The summed E-state index contributed by atoms with van der Waals surface area (Å²) in [4.78, 5) is 14.5. The molecule has 0 unspecified atom stereocenters. The fraction of sp³-hybridized carbons (Fsp3) is 0.526. The van der Waals surface area contributed by atoms with Crippen LogP contribution in [0.3, 0.4) is 0 Å². The fourth-order valence-electron chi connectivity index (χ4n) is 3.04. The Bertz CT molecular complexity index is 703. The molecule has 25 heavy (non-hydrogen) atoms. The van der Waals surface area contributed by atoms with E-state index in [1.165, 1.54) is 0 Å². The van der Waals surface area contributed by atoms with E-state index in [9.17, 15) is 13.2 Å². The number of carbonyl (C=O) groups is 1. The third-order valence-corrected chi connectivity index (χ3v) is 6.35. The van der Waals surface area contributed by atoms with E-state index in [2.05, 4.69) is 6.58 Å². The first-order valence-electron chi connectivity index (χ1n) is 8.90. The second-order valence-corrected chi connectivity index (χ2v) is 8.56. The normalized spacial score (nSPS) is 16.2. The van der Waals surface area contributed by atoms with Gasteiger partial charge in [0.05, 0.1) is 4.90 Å². The highest BCUT2D eigenvalue weighted by molar-refractivity contribution is 7.89. The fourth-order valence-corrected chi connectivity index (χ4v) is 4.55. The summed E-state index contributed by atoms with van der Waals surface area (Å²) in [5, 5.41) is 0. The molecule has 138 valence electrons. The quantitative estimate of drug-likeness (QED) is 0.728. The van der Waals surface area contributed by atoms with Gasteiger partial charge in [-0.3, -0.25) is 4.79 Å². The van der Waals surface area contributed by atoms with Crippen LogP contribution in [0.2, 0.25) is 0 Å². The van der Waals surface area contributed by atoms with Crippen molar-refractivity contribution >= 4 is 15.9 Å². The molecular weight excluding hydrogens is 336 g/mol. The Morgan fingerprint density at radius 1 is 1.12 bits per heavy atom. The molecule has 0 N–H and O–H groups in total. The molecule has 1 heterocycles. The third-order valence-electron chi connectivity index (χ3n) is 4.43. The smallest absolute Gasteiger partial charge is 0.254 e. The van der Waals surface area contributed by atoms with Crippen molar-refractivity contribution in [3.8, 4) is 0 Å². The number of hydrogen-bond acceptors (Lipinski definition) is 3. The van der Waals surface area contributed by atoms with Gasteiger partial charge in [-0.2, -0.15) is 4.31 Å². The lowest BCUT2D eigenvalue weighted by atomic mass is 10.2. The molecule has 0 atom stereocenters.